The summed E-state index contributed by atoms with van der Waals surface area (Å²) < 4.78 is 24.4. The first-order valence-electron chi connectivity index (χ1n) is 13.6. The molecule has 2 aliphatic heterocycles. The molecule has 1 aromatic carbocycles. The zero-order chi connectivity index (χ0) is 25.1. The molecular formula is C30H37FN2O3. The molecule has 36 heavy (non-hydrogen) atoms. The number of hydrogen-bond donors (Lipinski definition) is 2. The number of aliphatic hydroxyl groups is 2. The molecular weight excluding hydrogens is 455 g/mol. The van der Waals surface area contributed by atoms with E-state index < -0.39 is 29.1 Å². The number of likely N-dealkylation sites (N-methyl/N-ethyl adjacent to an activating group) is 1. The van der Waals surface area contributed by atoms with Gasteiger partial charge in [0.2, 0.25) is 0 Å². The summed E-state index contributed by atoms with van der Waals surface area (Å²) in [6.07, 6.45) is 8.61. The zero-order valence-electron chi connectivity index (χ0n) is 21.5. The van der Waals surface area contributed by atoms with E-state index in [1.165, 1.54) is 16.5 Å². The van der Waals surface area contributed by atoms with Gasteiger partial charge in [-0.15, -0.1) is 0 Å². The Hall–Kier alpha value is -1.86. The molecule has 1 aromatic heterocycles. The first-order valence-corrected chi connectivity index (χ1v) is 13.6. The first-order chi connectivity index (χ1) is 17.1. The Morgan fingerprint density at radius 1 is 1.06 bits per heavy atom. The lowest BCUT2D eigenvalue weighted by molar-refractivity contribution is -0.314. The van der Waals surface area contributed by atoms with Crippen LogP contribution in [-0.2, 0) is 4.74 Å². The lowest BCUT2D eigenvalue weighted by Crippen LogP contribution is -2.72. The third-order valence-corrected chi connectivity index (χ3v) is 11.2. The smallest absolute Gasteiger partial charge is 0.140 e. The van der Waals surface area contributed by atoms with Crippen LogP contribution in [0.4, 0.5) is 4.39 Å². The van der Waals surface area contributed by atoms with Gasteiger partial charge in [0.05, 0.1) is 17.8 Å². The van der Waals surface area contributed by atoms with E-state index in [2.05, 4.69) is 42.2 Å². The van der Waals surface area contributed by atoms with Gasteiger partial charge in [-0.05, 0) is 87.0 Å². The lowest BCUT2D eigenvalue weighted by atomic mass is 9.51. The Balaban J connectivity index is 1.30. The van der Waals surface area contributed by atoms with E-state index >= 15 is 4.39 Å². The number of ether oxygens (including phenoxy) is 1. The van der Waals surface area contributed by atoms with Crippen LogP contribution in [0.25, 0.3) is 16.3 Å². The van der Waals surface area contributed by atoms with Crippen molar-refractivity contribution in [3.05, 3.63) is 48.3 Å². The highest BCUT2D eigenvalue weighted by Crippen LogP contribution is 2.73. The summed E-state index contributed by atoms with van der Waals surface area (Å²) in [6, 6.07) is 8.29. The molecule has 3 aliphatic carbocycles. The summed E-state index contributed by atoms with van der Waals surface area (Å²) >= 11 is 0. The third-order valence-electron chi connectivity index (χ3n) is 11.2. The molecule has 4 fully saturated rings. The fourth-order valence-electron chi connectivity index (χ4n) is 9.34. The van der Waals surface area contributed by atoms with Crippen molar-refractivity contribution in [3.63, 3.8) is 0 Å². The lowest BCUT2D eigenvalue weighted by Gasteiger charge is -2.64. The van der Waals surface area contributed by atoms with Crippen LogP contribution in [0.1, 0.15) is 57.4 Å². The molecule has 2 N–H and O–H groups in total. The predicted octanol–water partition coefficient (Wildman–Crippen LogP) is 4.51. The summed E-state index contributed by atoms with van der Waals surface area (Å²) in [7, 11) is 3.88. The summed E-state index contributed by atoms with van der Waals surface area (Å²) in [5, 5.41) is 24.4. The molecule has 192 valence electrons. The number of nitrogens with zero attached hydrogens (tertiary/aromatic N) is 2. The van der Waals surface area contributed by atoms with Crippen molar-refractivity contribution in [2.24, 2.45) is 17.3 Å². The van der Waals surface area contributed by atoms with Crippen molar-refractivity contribution < 1.29 is 19.3 Å². The zero-order valence-corrected chi connectivity index (χ0v) is 21.5. The topological polar surface area (TPSA) is 65.8 Å². The van der Waals surface area contributed by atoms with Crippen LogP contribution in [0.2, 0.25) is 0 Å². The fraction of sp³-hybridized carbons (Fsp3) is 0.633. The Bertz CT molecular complexity index is 1260. The second-order valence-electron chi connectivity index (χ2n) is 12.8. The van der Waals surface area contributed by atoms with Gasteiger partial charge in [-0.2, -0.15) is 0 Å². The maximum absolute atomic E-state index is 17.3. The minimum absolute atomic E-state index is 0.0537. The van der Waals surface area contributed by atoms with E-state index in [0.717, 1.165) is 24.6 Å². The Labute approximate surface area is 212 Å². The molecule has 2 saturated carbocycles. The number of benzene rings is 1. The van der Waals surface area contributed by atoms with Gasteiger partial charge in [0.1, 0.15) is 11.3 Å². The van der Waals surface area contributed by atoms with E-state index in [0.29, 0.717) is 19.3 Å². The predicted molar refractivity (Wildman–Crippen MR) is 137 cm³/mol. The molecule has 2 saturated heterocycles. The minimum atomic E-state index is -1.49. The van der Waals surface area contributed by atoms with E-state index in [1.807, 2.05) is 31.4 Å². The molecule has 5 nitrogen and oxygen atoms in total. The van der Waals surface area contributed by atoms with Crippen LogP contribution in [0.3, 0.4) is 0 Å². The molecule has 0 radical (unpaired) electrons. The highest BCUT2D eigenvalue weighted by atomic mass is 19.1. The van der Waals surface area contributed by atoms with Crippen molar-refractivity contribution in [2.45, 2.75) is 87.0 Å². The highest BCUT2D eigenvalue weighted by Gasteiger charge is 2.77. The molecule has 2 spiro atoms. The number of aliphatic hydroxyl groups excluding tert-OH is 2. The maximum Gasteiger partial charge on any atom is 0.140 e. The van der Waals surface area contributed by atoms with E-state index in [9.17, 15) is 10.2 Å². The summed E-state index contributed by atoms with van der Waals surface area (Å²) in [5.41, 5.74) is -0.543. The highest BCUT2D eigenvalue weighted by molar-refractivity contribution is 5.95. The van der Waals surface area contributed by atoms with Crippen molar-refractivity contribution in [2.75, 3.05) is 14.1 Å². The van der Waals surface area contributed by atoms with Crippen LogP contribution in [0.5, 0.6) is 0 Å². The first kappa shape index (κ1) is 23.3. The molecule has 3 heterocycles. The molecule has 9 atom stereocenters. The second kappa shape index (κ2) is 7.37. The van der Waals surface area contributed by atoms with Gasteiger partial charge >= 0.3 is 0 Å². The van der Waals surface area contributed by atoms with Crippen molar-refractivity contribution >= 4 is 16.3 Å². The number of halogens is 1. The number of alkyl halides is 1. The summed E-state index contributed by atoms with van der Waals surface area (Å²) in [6.45, 7) is 2.33. The van der Waals surface area contributed by atoms with Crippen molar-refractivity contribution in [3.8, 4) is 0 Å². The van der Waals surface area contributed by atoms with Crippen LogP contribution in [-0.4, -0.2) is 69.3 Å². The number of aromatic nitrogens is 1. The van der Waals surface area contributed by atoms with Gasteiger partial charge < -0.3 is 19.8 Å². The van der Waals surface area contributed by atoms with Crippen molar-refractivity contribution in [1.82, 2.24) is 9.88 Å². The van der Waals surface area contributed by atoms with Crippen LogP contribution >= 0.6 is 0 Å². The standard InChI is InChI=1S/C30H37FN2O3/c1-27-10-12-29(31)15-22-25(34)26(35)23(33(2)3)16-28(22)11-13-30(29,36-28)24(27)8-7-21(27)20-6-4-5-18-17-32-14-9-19(18)20/h4-7,9,14,17,22-26,34-35H,8,10-13,15-16H2,1-3H3/t22?,23-,24?,25+,26+,27+,28+,29?,30-/m0/s1. The number of allylic oxidation sites excluding steroid dienone is 2. The molecule has 2 bridgehead atoms. The van der Waals surface area contributed by atoms with E-state index in [-0.39, 0.29) is 29.7 Å². The number of rotatable bonds is 2. The Kier molecular flexibility index (Phi) is 4.77. The molecule has 7 rings (SSSR count). The van der Waals surface area contributed by atoms with Gasteiger partial charge in [0, 0.05) is 35.7 Å². The Morgan fingerprint density at radius 3 is 2.69 bits per heavy atom. The van der Waals surface area contributed by atoms with E-state index in [4.69, 9.17) is 4.74 Å². The van der Waals surface area contributed by atoms with Gasteiger partial charge in [-0.3, -0.25) is 4.98 Å². The normalized spacial score (nSPS) is 47.4. The van der Waals surface area contributed by atoms with Crippen LogP contribution in [0.15, 0.2) is 42.7 Å². The SMILES string of the molecule is CN(C)[C@H]1C[C@@]23CC[C@]4(O2)C2CC=C(c5cccc6cnccc56)[C@@]2(C)CCC4(F)CC3[C@@H](O)[C@@H]1O. The molecule has 3 unspecified atom stereocenters. The monoisotopic (exact) mass is 492 g/mol. The number of hydrogen-bond acceptors (Lipinski definition) is 5. The summed E-state index contributed by atoms with van der Waals surface area (Å²) in [4.78, 5) is 6.30. The molecule has 6 heteroatoms. The number of fused-ring (bicyclic) bond motifs is 2. The summed E-state index contributed by atoms with van der Waals surface area (Å²) in [5.74, 6) is -0.314. The molecule has 2 aromatic rings. The van der Waals surface area contributed by atoms with Crippen molar-refractivity contribution in [1.29, 1.82) is 0 Å². The minimum Gasteiger partial charge on any atom is -0.390 e. The second-order valence-corrected chi connectivity index (χ2v) is 12.8. The average Bonchev–Trinajstić information content (AvgIpc) is 3.39. The maximum atomic E-state index is 17.3. The van der Waals surface area contributed by atoms with Gasteiger partial charge in [-0.1, -0.05) is 31.2 Å². The Morgan fingerprint density at radius 2 is 1.89 bits per heavy atom. The third kappa shape index (κ3) is 2.72. The quantitative estimate of drug-likeness (QED) is 0.646. The number of pyridine rings is 1. The largest absolute Gasteiger partial charge is 0.390 e. The van der Waals surface area contributed by atoms with Gasteiger partial charge in [-0.25, -0.2) is 4.39 Å². The molecule has 5 aliphatic rings. The fourth-order valence-corrected chi connectivity index (χ4v) is 9.34. The van der Waals surface area contributed by atoms with Gasteiger partial charge in [0.15, 0.2) is 0 Å². The van der Waals surface area contributed by atoms with Crippen LogP contribution < -0.4 is 0 Å². The van der Waals surface area contributed by atoms with Crippen LogP contribution in [0, 0.1) is 17.3 Å². The molecule has 0 amide bonds. The van der Waals surface area contributed by atoms with Gasteiger partial charge in [0.25, 0.3) is 0 Å². The average molecular weight is 493 g/mol. The van der Waals surface area contributed by atoms with E-state index in [1.54, 1.807) is 0 Å².